The summed E-state index contributed by atoms with van der Waals surface area (Å²) >= 11 is 0. The van der Waals surface area contributed by atoms with Gasteiger partial charge in [0.15, 0.2) is 6.10 Å². The first-order chi connectivity index (χ1) is 43.0. The minimum absolute atomic E-state index is 0.0236. The molecule has 0 heterocycles. The number of allylic oxidation sites excluding steroid dienone is 18. The van der Waals surface area contributed by atoms with Crippen molar-refractivity contribution in [1.29, 1.82) is 0 Å². The average Bonchev–Trinajstić information content (AvgIpc) is 3.56. The number of carbonyl (C=O) groups is 2. The van der Waals surface area contributed by atoms with Crippen molar-refractivity contribution in [3.05, 3.63) is 109 Å². The summed E-state index contributed by atoms with van der Waals surface area (Å²) in [6, 6.07) is 0. The van der Waals surface area contributed by atoms with Crippen LogP contribution in [0.1, 0.15) is 322 Å². The second-order valence-corrected chi connectivity index (χ2v) is 27.1. The summed E-state index contributed by atoms with van der Waals surface area (Å²) in [6.45, 7) is 4.33. The number of nitrogens with zero attached hydrogens (tertiary/aromatic N) is 1. The molecule has 0 fully saturated rings. The summed E-state index contributed by atoms with van der Waals surface area (Å²) in [7, 11) is 1.46. The number of carbonyl (C=O) groups excluding carboxylic acids is 2. The summed E-state index contributed by atoms with van der Waals surface area (Å²) in [6.07, 6.45) is 96.4. The molecule has 0 aliphatic carbocycles. The van der Waals surface area contributed by atoms with Crippen molar-refractivity contribution < 1.29 is 42.1 Å². The third kappa shape index (κ3) is 71.7. The van der Waals surface area contributed by atoms with E-state index in [1.807, 2.05) is 21.1 Å². The van der Waals surface area contributed by atoms with Gasteiger partial charge in [-0.25, -0.2) is 4.57 Å². The van der Waals surface area contributed by atoms with Gasteiger partial charge in [-0.3, -0.25) is 18.6 Å². The second kappa shape index (κ2) is 68.0. The third-order valence-corrected chi connectivity index (χ3v) is 16.8. The molecule has 88 heavy (non-hydrogen) atoms. The van der Waals surface area contributed by atoms with Gasteiger partial charge in [0.25, 0.3) is 0 Å². The Morgan fingerprint density at radius 1 is 0.364 bits per heavy atom. The number of hydrogen-bond donors (Lipinski definition) is 1. The molecule has 0 aliphatic rings. The van der Waals surface area contributed by atoms with Gasteiger partial charge in [-0.2, -0.15) is 0 Å². The van der Waals surface area contributed by atoms with E-state index in [0.29, 0.717) is 17.4 Å². The molecule has 0 aromatic rings. The topological polar surface area (TPSA) is 108 Å². The molecule has 1 N–H and O–H groups in total. The van der Waals surface area contributed by atoms with E-state index in [0.717, 1.165) is 109 Å². The summed E-state index contributed by atoms with van der Waals surface area (Å²) in [5.41, 5.74) is 0. The molecule has 10 heteroatoms. The number of phosphoric acid groups is 1. The van der Waals surface area contributed by atoms with Gasteiger partial charge in [0.05, 0.1) is 27.7 Å². The van der Waals surface area contributed by atoms with Crippen molar-refractivity contribution in [3.63, 3.8) is 0 Å². The van der Waals surface area contributed by atoms with Crippen LogP contribution in [0.3, 0.4) is 0 Å². The van der Waals surface area contributed by atoms with E-state index in [1.165, 1.54) is 180 Å². The van der Waals surface area contributed by atoms with Gasteiger partial charge in [-0.1, -0.05) is 335 Å². The first-order valence-electron chi connectivity index (χ1n) is 36.6. The zero-order valence-corrected chi connectivity index (χ0v) is 58.8. The lowest BCUT2D eigenvalue weighted by Gasteiger charge is -2.24. The van der Waals surface area contributed by atoms with Crippen LogP contribution in [-0.4, -0.2) is 74.9 Å². The van der Waals surface area contributed by atoms with Gasteiger partial charge in [0.2, 0.25) is 0 Å². The molecule has 0 aromatic heterocycles. The van der Waals surface area contributed by atoms with Crippen molar-refractivity contribution in [3.8, 4) is 0 Å². The first kappa shape index (κ1) is 84.7. The molecule has 0 spiro atoms. The van der Waals surface area contributed by atoms with E-state index < -0.39 is 26.5 Å². The molecule has 0 amide bonds. The van der Waals surface area contributed by atoms with Gasteiger partial charge in [0, 0.05) is 12.8 Å². The molecule has 2 unspecified atom stereocenters. The van der Waals surface area contributed by atoms with E-state index in [1.54, 1.807) is 0 Å². The highest BCUT2D eigenvalue weighted by molar-refractivity contribution is 7.47. The largest absolute Gasteiger partial charge is 0.472 e. The fourth-order valence-corrected chi connectivity index (χ4v) is 11.0. The standard InChI is InChI=1S/C78H138NO8P/c1-6-8-10-12-14-16-18-20-22-24-26-28-30-32-34-36-38-39-41-43-45-47-49-51-53-55-57-59-61-63-65-67-69-71-78(81)87-76(75-86-88(82,83)85-73-72-79(3,4)5)74-84-77(80)70-68-66-64-62-60-58-56-54-52-50-48-46-44-42-40-37-35-33-31-29-27-25-23-21-19-17-15-13-11-9-7-2/h8,10,14,16,20,22,26,28,32,34,38-39,43,45,49,51,55,57,76H,6-7,9,11-13,15,17-19,21,23-25,27,29-31,33,35-37,40-42,44,46-48,50,52-54,56,58-75H2,1-5H3/p+1/b10-8-,16-14-,22-20-,28-26-,34-32-,39-38-,45-43-,51-49-,57-55-. The summed E-state index contributed by atoms with van der Waals surface area (Å²) in [5.74, 6) is -0.813. The van der Waals surface area contributed by atoms with E-state index in [-0.39, 0.29) is 32.0 Å². The van der Waals surface area contributed by atoms with Gasteiger partial charge in [-0.05, 0) is 83.5 Å². The molecule has 0 aliphatic heterocycles. The summed E-state index contributed by atoms with van der Waals surface area (Å²) in [4.78, 5) is 35.9. The number of esters is 2. The summed E-state index contributed by atoms with van der Waals surface area (Å²) < 4.78 is 34.7. The lowest BCUT2D eigenvalue weighted by molar-refractivity contribution is -0.870. The zero-order chi connectivity index (χ0) is 64.1. The molecule has 0 radical (unpaired) electrons. The van der Waals surface area contributed by atoms with E-state index in [4.69, 9.17) is 18.5 Å². The molecule has 0 aromatic carbocycles. The predicted octanol–water partition coefficient (Wildman–Crippen LogP) is 24.1. The van der Waals surface area contributed by atoms with Crippen molar-refractivity contribution >= 4 is 19.8 Å². The Kier molecular flexibility index (Phi) is 65.5. The Labute approximate surface area is 544 Å². The fourth-order valence-electron chi connectivity index (χ4n) is 10.2. The maximum absolute atomic E-state index is 12.9. The number of quaternary nitrogens is 1. The monoisotopic (exact) mass is 1250 g/mol. The molecule has 0 rings (SSSR count). The Balaban J connectivity index is 4.09. The minimum atomic E-state index is -4.41. The van der Waals surface area contributed by atoms with Crippen molar-refractivity contribution in [2.75, 3.05) is 47.5 Å². The lowest BCUT2D eigenvalue weighted by Crippen LogP contribution is -2.37. The summed E-state index contributed by atoms with van der Waals surface area (Å²) in [5, 5.41) is 0. The quantitative estimate of drug-likeness (QED) is 0.0211. The molecule has 9 nitrogen and oxygen atoms in total. The molecule has 0 bridgehead atoms. The van der Waals surface area contributed by atoms with Crippen LogP contribution in [0, 0.1) is 0 Å². The number of ether oxygens (including phenoxy) is 2. The molecule has 0 saturated carbocycles. The highest BCUT2D eigenvalue weighted by atomic mass is 31.2. The normalized spacial score (nSPS) is 13.8. The van der Waals surface area contributed by atoms with E-state index >= 15 is 0 Å². The molecular formula is C78H139NO8P+. The maximum atomic E-state index is 12.9. The van der Waals surface area contributed by atoms with Crippen LogP contribution in [0.4, 0.5) is 0 Å². The van der Waals surface area contributed by atoms with E-state index in [2.05, 4.69) is 123 Å². The predicted molar refractivity (Wildman–Crippen MR) is 381 cm³/mol. The smallest absolute Gasteiger partial charge is 0.462 e. The van der Waals surface area contributed by atoms with Crippen LogP contribution >= 0.6 is 7.82 Å². The molecule has 0 saturated heterocycles. The molecular weight excluding hydrogens is 1110 g/mol. The van der Waals surface area contributed by atoms with Crippen LogP contribution in [0.5, 0.6) is 0 Å². The fraction of sp³-hybridized carbons (Fsp3) is 0.744. The van der Waals surface area contributed by atoms with Gasteiger partial charge >= 0.3 is 19.8 Å². The van der Waals surface area contributed by atoms with Crippen molar-refractivity contribution in [1.82, 2.24) is 0 Å². The van der Waals surface area contributed by atoms with Crippen LogP contribution in [-0.2, 0) is 32.7 Å². The Morgan fingerprint density at radius 2 is 0.648 bits per heavy atom. The van der Waals surface area contributed by atoms with Crippen LogP contribution in [0.15, 0.2) is 109 Å². The van der Waals surface area contributed by atoms with Gasteiger partial charge in [-0.15, -0.1) is 0 Å². The average molecular weight is 1250 g/mol. The van der Waals surface area contributed by atoms with Crippen molar-refractivity contribution in [2.24, 2.45) is 0 Å². The van der Waals surface area contributed by atoms with Crippen LogP contribution in [0.25, 0.3) is 0 Å². The molecule has 2 atom stereocenters. The molecule has 508 valence electrons. The van der Waals surface area contributed by atoms with Crippen LogP contribution in [0.2, 0.25) is 0 Å². The highest BCUT2D eigenvalue weighted by Gasteiger charge is 2.27. The van der Waals surface area contributed by atoms with Crippen LogP contribution < -0.4 is 0 Å². The highest BCUT2D eigenvalue weighted by Crippen LogP contribution is 2.43. The Morgan fingerprint density at radius 3 is 0.966 bits per heavy atom. The first-order valence-corrected chi connectivity index (χ1v) is 38.1. The number of unbranched alkanes of at least 4 members (excludes halogenated alkanes) is 35. The SMILES string of the molecule is CC/C=C\C/C=C\C/C=C\C/C=C\C/C=C\C/C=C\C/C=C\C/C=C\C/C=C\CCCCCCCC(=O)OC(COC(=O)CCCCCCCCCCCCCCCCCCCCCCCCCCCCCCCCC)COP(=O)(O)OCC[N+](C)(C)C. The lowest BCUT2D eigenvalue weighted by atomic mass is 10.0. The number of hydrogen-bond acceptors (Lipinski definition) is 7. The van der Waals surface area contributed by atoms with Crippen molar-refractivity contribution in [2.45, 2.75) is 328 Å². The number of likely N-dealkylation sites (N-methyl/N-ethyl adjacent to an activating group) is 1. The Hall–Kier alpha value is -3.33. The Bertz CT molecular complexity index is 1850. The maximum Gasteiger partial charge on any atom is 0.472 e. The van der Waals surface area contributed by atoms with Gasteiger partial charge < -0.3 is 18.9 Å². The number of phosphoric ester groups is 1. The van der Waals surface area contributed by atoms with Gasteiger partial charge in [0.1, 0.15) is 19.8 Å². The van der Waals surface area contributed by atoms with E-state index in [9.17, 15) is 19.0 Å². The minimum Gasteiger partial charge on any atom is -0.462 e. The zero-order valence-electron chi connectivity index (χ0n) is 57.9. The second-order valence-electron chi connectivity index (χ2n) is 25.6. The number of rotatable bonds is 67. The third-order valence-electron chi connectivity index (χ3n) is 15.8.